The van der Waals surface area contributed by atoms with Crippen molar-refractivity contribution in [2.75, 3.05) is 58.2 Å². The molecule has 2 aliphatic heterocycles. The molecule has 0 radical (unpaired) electrons. The Bertz CT molecular complexity index is 1100. The summed E-state index contributed by atoms with van der Waals surface area (Å²) in [6.07, 6.45) is 1.81. The largest absolute Gasteiger partial charge is 0.355 e. The van der Waals surface area contributed by atoms with E-state index in [1.54, 1.807) is 0 Å². The van der Waals surface area contributed by atoms with Crippen molar-refractivity contribution in [3.05, 3.63) is 57.5 Å². The lowest BCUT2D eigenvalue weighted by Gasteiger charge is -2.32. The fraction of sp³-hybridized carbons (Fsp3) is 0.522. The highest BCUT2D eigenvalue weighted by Crippen LogP contribution is 2.17. The number of fused-ring (bicyclic) bond motifs is 2. The summed E-state index contributed by atoms with van der Waals surface area (Å²) in [6.45, 7) is 8.78. The van der Waals surface area contributed by atoms with E-state index in [1.807, 2.05) is 6.07 Å². The Morgan fingerprint density at radius 3 is 2.66 bits per heavy atom. The van der Waals surface area contributed by atoms with Crippen molar-refractivity contribution in [2.24, 2.45) is 0 Å². The Labute approximate surface area is 188 Å². The Kier molecular flexibility index (Phi) is 6.20. The topological polar surface area (TPSA) is 84.8 Å². The molecule has 170 valence electrons. The zero-order chi connectivity index (χ0) is 21.9. The summed E-state index contributed by atoms with van der Waals surface area (Å²) in [6, 6.07) is 10.4. The number of benzene rings is 1. The van der Waals surface area contributed by atoms with Gasteiger partial charge in [0.15, 0.2) is 0 Å². The molecule has 5 rings (SSSR count). The van der Waals surface area contributed by atoms with Gasteiger partial charge < -0.3 is 15.1 Å². The van der Waals surface area contributed by atoms with Crippen LogP contribution in [0.5, 0.6) is 0 Å². The monoisotopic (exact) mass is 436 g/mol. The molecule has 9 heteroatoms. The van der Waals surface area contributed by atoms with Gasteiger partial charge in [-0.1, -0.05) is 30.3 Å². The summed E-state index contributed by atoms with van der Waals surface area (Å²) in [5.74, 6) is 1.06. The van der Waals surface area contributed by atoms with Gasteiger partial charge in [0.05, 0.1) is 11.3 Å². The van der Waals surface area contributed by atoms with Crippen molar-refractivity contribution in [1.82, 2.24) is 34.3 Å². The van der Waals surface area contributed by atoms with Gasteiger partial charge in [0.2, 0.25) is 5.95 Å². The average Bonchev–Trinajstić information content (AvgIpc) is 3.22. The van der Waals surface area contributed by atoms with Crippen LogP contribution in [-0.4, -0.2) is 87.1 Å². The first-order chi connectivity index (χ1) is 15.7. The molecule has 0 bridgehead atoms. The van der Waals surface area contributed by atoms with Gasteiger partial charge in [-0.3, -0.25) is 14.8 Å². The van der Waals surface area contributed by atoms with Crippen LogP contribution in [0, 0.1) is 0 Å². The molecule has 0 unspecified atom stereocenters. The van der Waals surface area contributed by atoms with E-state index >= 15 is 0 Å². The fourth-order valence-corrected chi connectivity index (χ4v) is 4.56. The number of aromatic amines is 1. The lowest BCUT2D eigenvalue weighted by Crippen LogP contribution is -2.44. The van der Waals surface area contributed by atoms with Crippen molar-refractivity contribution in [2.45, 2.75) is 25.9 Å². The molecular formula is C23H32N8O. The number of anilines is 1. The molecule has 0 spiro atoms. The van der Waals surface area contributed by atoms with Crippen LogP contribution in [0.1, 0.15) is 23.2 Å². The second kappa shape index (κ2) is 9.40. The maximum Gasteiger partial charge on any atom is 0.278 e. The Morgan fingerprint density at radius 1 is 1.03 bits per heavy atom. The Morgan fingerprint density at radius 2 is 1.84 bits per heavy atom. The van der Waals surface area contributed by atoms with Crippen LogP contribution < -0.4 is 10.9 Å². The lowest BCUT2D eigenvalue weighted by atomic mass is 10.1. The van der Waals surface area contributed by atoms with E-state index in [1.165, 1.54) is 10.1 Å². The van der Waals surface area contributed by atoms with Crippen LogP contribution >= 0.6 is 0 Å². The number of likely N-dealkylation sites (N-methyl/N-ethyl adjacent to an activating group) is 1. The van der Waals surface area contributed by atoms with Gasteiger partial charge in [-0.25, -0.2) is 4.98 Å². The highest BCUT2D eigenvalue weighted by molar-refractivity contribution is 5.39. The summed E-state index contributed by atoms with van der Waals surface area (Å²) in [5.41, 5.74) is 2.87. The Hall–Kier alpha value is -2.75. The molecule has 2 aliphatic rings. The number of H-pyrrole nitrogens is 1. The van der Waals surface area contributed by atoms with Crippen molar-refractivity contribution in [1.29, 1.82) is 0 Å². The summed E-state index contributed by atoms with van der Waals surface area (Å²) in [4.78, 5) is 29.5. The molecule has 2 N–H and O–H groups in total. The minimum atomic E-state index is -0.0410. The van der Waals surface area contributed by atoms with Gasteiger partial charge in [0, 0.05) is 58.8 Å². The molecule has 0 saturated carbocycles. The van der Waals surface area contributed by atoms with E-state index in [-0.39, 0.29) is 5.56 Å². The second-order valence-electron chi connectivity index (χ2n) is 8.92. The first-order valence-electron chi connectivity index (χ1n) is 11.6. The van der Waals surface area contributed by atoms with Gasteiger partial charge in [0.1, 0.15) is 0 Å². The molecule has 4 heterocycles. The smallest absolute Gasteiger partial charge is 0.278 e. The van der Waals surface area contributed by atoms with Crippen molar-refractivity contribution in [3.8, 4) is 0 Å². The van der Waals surface area contributed by atoms with E-state index in [4.69, 9.17) is 0 Å². The molecule has 2 aromatic heterocycles. The molecule has 3 aromatic rings. The normalized spacial score (nSPS) is 18.2. The van der Waals surface area contributed by atoms with Crippen LogP contribution in [0.4, 0.5) is 5.95 Å². The van der Waals surface area contributed by atoms with Crippen molar-refractivity contribution >= 4 is 11.7 Å². The number of nitrogens with one attached hydrogen (secondary N) is 2. The number of aromatic nitrogens is 4. The van der Waals surface area contributed by atoms with Gasteiger partial charge in [-0.2, -0.15) is 9.50 Å². The number of piperazine rings is 1. The van der Waals surface area contributed by atoms with Crippen molar-refractivity contribution in [3.63, 3.8) is 0 Å². The summed E-state index contributed by atoms with van der Waals surface area (Å²) in [5, 5.41) is 6.43. The van der Waals surface area contributed by atoms with Crippen LogP contribution in [0.15, 0.2) is 35.1 Å². The average molecular weight is 437 g/mol. The minimum absolute atomic E-state index is 0.0410. The molecule has 0 atom stereocenters. The predicted octanol–water partition coefficient (Wildman–Crippen LogP) is 1.03. The quantitative estimate of drug-likeness (QED) is 0.535. The molecule has 9 nitrogen and oxygen atoms in total. The van der Waals surface area contributed by atoms with E-state index < -0.39 is 0 Å². The zero-order valence-corrected chi connectivity index (χ0v) is 18.8. The summed E-state index contributed by atoms with van der Waals surface area (Å²) in [7, 11) is 2.18. The van der Waals surface area contributed by atoms with Crippen LogP contribution in [0.3, 0.4) is 0 Å². The van der Waals surface area contributed by atoms with Gasteiger partial charge in [-0.05, 0) is 25.6 Å². The number of hydrogen-bond acceptors (Lipinski definition) is 7. The number of hydrogen-bond donors (Lipinski definition) is 2. The van der Waals surface area contributed by atoms with Crippen molar-refractivity contribution < 1.29 is 0 Å². The number of rotatable bonds is 7. The molecule has 32 heavy (non-hydrogen) atoms. The van der Waals surface area contributed by atoms with Gasteiger partial charge >= 0.3 is 0 Å². The van der Waals surface area contributed by atoms with E-state index in [2.05, 4.69) is 66.4 Å². The summed E-state index contributed by atoms with van der Waals surface area (Å²) >= 11 is 0. The van der Waals surface area contributed by atoms with Crippen LogP contribution in [0.25, 0.3) is 5.78 Å². The third-order valence-electron chi connectivity index (χ3n) is 6.51. The first kappa shape index (κ1) is 21.1. The third-order valence-corrected chi connectivity index (χ3v) is 6.51. The lowest BCUT2D eigenvalue weighted by molar-refractivity contribution is 0.154. The maximum absolute atomic E-state index is 13.1. The molecule has 1 fully saturated rings. The standard InChI is InChI=1S/C23H32N8O/c1-28-12-14-29(15-13-28)10-5-9-24-22-26-23-25-20-8-11-30(16-18-6-3-2-4-7-18)17-19(20)21(32)31(23)27-22/h2-4,6-7H,5,8-17H2,1H3,(H2,24,25,26,27). The third kappa shape index (κ3) is 4.69. The molecule has 0 amide bonds. The molecular weight excluding hydrogens is 404 g/mol. The van der Waals surface area contributed by atoms with Crippen LogP contribution in [-0.2, 0) is 19.5 Å². The predicted molar refractivity (Wildman–Crippen MR) is 125 cm³/mol. The molecule has 0 aliphatic carbocycles. The first-order valence-corrected chi connectivity index (χ1v) is 11.6. The highest BCUT2D eigenvalue weighted by Gasteiger charge is 2.23. The molecule has 1 aromatic carbocycles. The minimum Gasteiger partial charge on any atom is -0.355 e. The highest BCUT2D eigenvalue weighted by atomic mass is 16.1. The molecule has 1 saturated heterocycles. The fourth-order valence-electron chi connectivity index (χ4n) is 4.56. The zero-order valence-electron chi connectivity index (χ0n) is 18.8. The van der Waals surface area contributed by atoms with E-state index in [0.29, 0.717) is 18.3 Å². The van der Waals surface area contributed by atoms with Gasteiger partial charge in [-0.15, -0.1) is 0 Å². The van der Waals surface area contributed by atoms with Crippen LogP contribution in [0.2, 0.25) is 0 Å². The van der Waals surface area contributed by atoms with Gasteiger partial charge in [0.25, 0.3) is 11.3 Å². The van der Waals surface area contributed by atoms with E-state index in [9.17, 15) is 4.79 Å². The SMILES string of the molecule is CN1CCN(CCCNc2nc3nc4c(c(=O)n3[nH]2)CN(Cc2ccccc2)CC4)CC1. The Balaban J connectivity index is 1.21. The maximum atomic E-state index is 13.1. The van der Waals surface area contributed by atoms with E-state index in [0.717, 1.165) is 76.5 Å². The summed E-state index contributed by atoms with van der Waals surface area (Å²) < 4.78 is 1.48. The second-order valence-corrected chi connectivity index (χ2v) is 8.92. The number of nitrogens with zero attached hydrogens (tertiary/aromatic N) is 6.